The van der Waals surface area contributed by atoms with Gasteiger partial charge in [-0.25, -0.2) is 9.37 Å². The van der Waals surface area contributed by atoms with Crippen LogP contribution in [-0.4, -0.2) is 48.5 Å². The molecule has 0 saturated carbocycles. The number of aromatic nitrogens is 3. The quantitative estimate of drug-likeness (QED) is 0.257. The first-order valence-corrected chi connectivity index (χ1v) is 13.0. The van der Waals surface area contributed by atoms with Gasteiger partial charge in [-0.3, -0.25) is 9.78 Å². The van der Waals surface area contributed by atoms with Crippen molar-refractivity contribution in [3.8, 4) is 33.9 Å². The predicted molar refractivity (Wildman–Crippen MR) is 148 cm³/mol. The number of imidazole rings is 1. The normalized spacial score (nSPS) is 13.2. The maximum atomic E-state index is 13.8. The van der Waals surface area contributed by atoms with E-state index >= 15 is 0 Å². The third kappa shape index (κ3) is 7.59. The van der Waals surface area contributed by atoms with Gasteiger partial charge in [0.2, 0.25) is 0 Å². The minimum atomic E-state index is -1.03. The van der Waals surface area contributed by atoms with Crippen molar-refractivity contribution in [3.63, 3.8) is 0 Å². The maximum Gasteiger partial charge on any atom is 0.308 e. The first-order valence-electron chi connectivity index (χ1n) is 13.0. The number of halogens is 1. The summed E-state index contributed by atoms with van der Waals surface area (Å²) in [6.45, 7) is 5.66. The second kappa shape index (κ2) is 12.3. The average Bonchev–Trinajstić information content (AvgIpc) is 3.27. The van der Waals surface area contributed by atoms with Crippen LogP contribution < -0.4 is 0 Å². The predicted octanol–water partition coefficient (Wildman–Crippen LogP) is 5.65. The van der Waals surface area contributed by atoms with E-state index < -0.39 is 23.8 Å². The van der Waals surface area contributed by atoms with Crippen LogP contribution in [0.25, 0.3) is 33.9 Å². The molecule has 39 heavy (non-hydrogen) atoms. The fourth-order valence-corrected chi connectivity index (χ4v) is 4.46. The Hall–Kier alpha value is -3.88. The Morgan fingerprint density at radius 1 is 0.923 bits per heavy atom. The number of hydrogen-bond acceptors (Lipinski definition) is 6. The van der Waals surface area contributed by atoms with Crippen molar-refractivity contribution in [2.45, 2.75) is 64.4 Å². The zero-order valence-corrected chi connectivity index (χ0v) is 22.4. The SMILES string of the molecule is CC(C)(C)OC(=O)C[C@H](O)C[C@H](O)CCn1c(-c2ccccc2)nc(-c2ccncc2)c1-c1ccc(F)cc1. The molecule has 0 unspecified atom stereocenters. The number of hydrogen-bond donors (Lipinski definition) is 2. The minimum Gasteiger partial charge on any atom is -0.460 e. The molecule has 4 aromatic rings. The summed E-state index contributed by atoms with van der Waals surface area (Å²) in [5.41, 5.74) is 3.36. The minimum absolute atomic E-state index is 0.0255. The zero-order valence-electron chi connectivity index (χ0n) is 22.4. The number of nitrogens with zero attached hydrogens (tertiary/aromatic N) is 3. The van der Waals surface area contributed by atoms with Crippen molar-refractivity contribution in [2.24, 2.45) is 0 Å². The molecule has 0 radical (unpaired) electrons. The molecule has 0 fully saturated rings. The number of carbonyl (C=O) groups is 1. The van der Waals surface area contributed by atoms with E-state index in [1.807, 2.05) is 47.0 Å². The van der Waals surface area contributed by atoms with E-state index in [-0.39, 0.29) is 18.7 Å². The standard InChI is InChI=1S/C31H34FN3O4/c1-31(2,3)39-27(38)20-26(37)19-25(36)15-18-35-29(22-9-11-24(32)12-10-22)28(21-13-16-33-17-14-21)34-30(35)23-7-5-4-6-8-23/h4-14,16-17,25-26,36-37H,15,18-20H2,1-3H3/t25-,26-/m1/s1. The highest BCUT2D eigenvalue weighted by atomic mass is 19.1. The zero-order chi connectivity index (χ0) is 28.0. The molecular weight excluding hydrogens is 497 g/mol. The third-order valence-electron chi connectivity index (χ3n) is 6.12. The lowest BCUT2D eigenvalue weighted by Crippen LogP contribution is -2.28. The molecule has 204 valence electrons. The molecular formula is C31H34FN3O4. The molecule has 0 spiro atoms. The fraction of sp³-hybridized carbons (Fsp3) is 0.323. The van der Waals surface area contributed by atoms with E-state index in [2.05, 4.69) is 4.98 Å². The molecule has 2 heterocycles. The van der Waals surface area contributed by atoms with E-state index in [1.54, 1.807) is 45.3 Å². The molecule has 8 heteroatoms. The Balaban J connectivity index is 1.65. The Labute approximate surface area is 228 Å². The number of aliphatic hydroxyl groups is 2. The number of ether oxygens (including phenoxy) is 1. The van der Waals surface area contributed by atoms with Crippen molar-refractivity contribution in [1.29, 1.82) is 0 Å². The van der Waals surface area contributed by atoms with E-state index in [9.17, 15) is 19.4 Å². The molecule has 0 saturated heterocycles. The lowest BCUT2D eigenvalue weighted by molar-refractivity contribution is -0.157. The summed E-state index contributed by atoms with van der Waals surface area (Å²) < 4.78 is 21.1. The van der Waals surface area contributed by atoms with Crippen LogP contribution in [0.4, 0.5) is 4.39 Å². The van der Waals surface area contributed by atoms with E-state index in [1.165, 1.54) is 12.1 Å². The Morgan fingerprint density at radius 3 is 2.23 bits per heavy atom. The number of pyridine rings is 1. The van der Waals surface area contributed by atoms with Gasteiger partial charge in [0.15, 0.2) is 0 Å². The number of benzene rings is 2. The van der Waals surface area contributed by atoms with Crippen LogP contribution in [0, 0.1) is 5.82 Å². The molecule has 2 aromatic carbocycles. The highest BCUT2D eigenvalue weighted by molar-refractivity contribution is 5.82. The lowest BCUT2D eigenvalue weighted by Gasteiger charge is -2.21. The monoisotopic (exact) mass is 531 g/mol. The van der Waals surface area contributed by atoms with Crippen LogP contribution in [0.15, 0.2) is 79.1 Å². The van der Waals surface area contributed by atoms with Gasteiger partial charge in [0.25, 0.3) is 0 Å². The highest BCUT2D eigenvalue weighted by Crippen LogP contribution is 2.36. The van der Waals surface area contributed by atoms with Gasteiger partial charge in [0, 0.05) is 35.6 Å². The van der Waals surface area contributed by atoms with Gasteiger partial charge in [-0.05, 0) is 70.0 Å². The number of carbonyl (C=O) groups excluding carboxylic acids is 1. The fourth-order valence-electron chi connectivity index (χ4n) is 4.46. The molecule has 7 nitrogen and oxygen atoms in total. The molecule has 0 aliphatic heterocycles. The molecule has 0 amide bonds. The first-order chi connectivity index (χ1) is 18.6. The summed E-state index contributed by atoms with van der Waals surface area (Å²) in [4.78, 5) is 21.2. The summed E-state index contributed by atoms with van der Waals surface area (Å²) in [5, 5.41) is 21.2. The van der Waals surface area contributed by atoms with Gasteiger partial charge in [-0.1, -0.05) is 30.3 Å². The smallest absolute Gasteiger partial charge is 0.308 e. The number of rotatable bonds is 10. The van der Waals surface area contributed by atoms with E-state index in [0.717, 1.165) is 22.4 Å². The molecule has 2 N–H and O–H groups in total. The van der Waals surface area contributed by atoms with Gasteiger partial charge < -0.3 is 19.5 Å². The lowest BCUT2D eigenvalue weighted by atomic mass is 10.0. The van der Waals surface area contributed by atoms with Gasteiger partial charge in [0.05, 0.1) is 30.0 Å². The van der Waals surface area contributed by atoms with Crippen LogP contribution in [0.1, 0.15) is 40.0 Å². The van der Waals surface area contributed by atoms with Crippen LogP contribution in [0.2, 0.25) is 0 Å². The van der Waals surface area contributed by atoms with Crippen LogP contribution in [-0.2, 0) is 16.1 Å². The van der Waals surface area contributed by atoms with Gasteiger partial charge in [-0.2, -0.15) is 0 Å². The summed E-state index contributed by atoms with van der Waals surface area (Å²) in [5.74, 6) is -0.153. The third-order valence-corrected chi connectivity index (χ3v) is 6.12. The Morgan fingerprint density at radius 2 is 1.59 bits per heavy atom. The van der Waals surface area contributed by atoms with E-state index in [0.29, 0.717) is 24.5 Å². The summed E-state index contributed by atoms with van der Waals surface area (Å²) >= 11 is 0. The van der Waals surface area contributed by atoms with Crippen molar-refractivity contribution in [1.82, 2.24) is 14.5 Å². The highest BCUT2D eigenvalue weighted by Gasteiger charge is 2.24. The Kier molecular flexibility index (Phi) is 8.89. The van der Waals surface area contributed by atoms with Crippen LogP contribution in [0.5, 0.6) is 0 Å². The van der Waals surface area contributed by atoms with E-state index in [4.69, 9.17) is 9.72 Å². The molecule has 4 rings (SSSR count). The van der Waals surface area contributed by atoms with Crippen molar-refractivity contribution in [3.05, 3.63) is 84.9 Å². The van der Waals surface area contributed by atoms with Crippen LogP contribution in [0.3, 0.4) is 0 Å². The largest absolute Gasteiger partial charge is 0.460 e. The second-order valence-electron chi connectivity index (χ2n) is 10.5. The van der Waals surface area contributed by atoms with Gasteiger partial charge in [-0.15, -0.1) is 0 Å². The molecule has 2 aromatic heterocycles. The maximum absolute atomic E-state index is 13.8. The number of esters is 1. The topological polar surface area (TPSA) is 97.5 Å². The van der Waals surface area contributed by atoms with Gasteiger partial charge in [0.1, 0.15) is 17.2 Å². The molecule has 2 atom stereocenters. The summed E-state index contributed by atoms with van der Waals surface area (Å²) in [6.07, 6.45) is 1.61. The number of aliphatic hydroxyl groups excluding tert-OH is 2. The van der Waals surface area contributed by atoms with Gasteiger partial charge >= 0.3 is 5.97 Å². The average molecular weight is 532 g/mol. The Bertz CT molecular complexity index is 1370. The molecule has 0 aliphatic rings. The molecule has 0 bridgehead atoms. The first kappa shape index (κ1) is 28.1. The summed E-state index contributed by atoms with van der Waals surface area (Å²) in [6, 6.07) is 19.7. The van der Waals surface area contributed by atoms with Crippen molar-refractivity contribution >= 4 is 5.97 Å². The summed E-state index contributed by atoms with van der Waals surface area (Å²) in [7, 11) is 0. The van der Waals surface area contributed by atoms with Crippen molar-refractivity contribution in [2.75, 3.05) is 0 Å². The molecule has 0 aliphatic carbocycles. The van der Waals surface area contributed by atoms with Crippen molar-refractivity contribution < 1.29 is 24.1 Å². The second-order valence-corrected chi connectivity index (χ2v) is 10.5. The van der Waals surface area contributed by atoms with Crippen LogP contribution >= 0.6 is 0 Å².